The monoisotopic (exact) mass is 419 g/mol. The van der Waals surface area contributed by atoms with Crippen molar-refractivity contribution in [3.8, 4) is 17.2 Å². The van der Waals surface area contributed by atoms with Crippen molar-refractivity contribution >= 4 is 23.5 Å². The highest BCUT2D eigenvalue weighted by Crippen LogP contribution is 2.35. The van der Waals surface area contributed by atoms with Crippen molar-refractivity contribution in [3.05, 3.63) is 65.2 Å². The van der Waals surface area contributed by atoms with E-state index in [1.807, 2.05) is 30.3 Å². The molecule has 0 amide bonds. The first kappa shape index (κ1) is 22.3. The van der Waals surface area contributed by atoms with E-state index in [4.69, 9.17) is 31.3 Å². The Hall–Kier alpha value is -3.03. The topological polar surface area (TPSA) is 96.3 Å². The number of likely N-dealkylation sites (N-methyl/N-ethyl adjacent to an activating group) is 1. The highest BCUT2D eigenvalue weighted by atomic mass is 35.5. The molecule has 2 N–H and O–H groups in total. The third-order valence-corrected chi connectivity index (χ3v) is 4.20. The minimum absolute atomic E-state index is 0.558. The van der Waals surface area contributed by atoms with E-state index in [0.717, 1.165) is 25.3 Å². The van der Waals surface area contributed by atoms with Crippen molar-refractivity contribution in [1.82, 2.24) is 4.90 Å². The van der Waals surface area contributed by atoms with Gasteiger partial charge in [-0.25, -0.2) is 9.59 Å². The number of carbonyl (C=O) groups is 2. The number of halogens is 1. The van der Waals surface area contributed by atoms with Crippen LogP contribution in [0.15, 0.2) is 54.6 Å². The zero-order chi connectivity index (χ0) is 21.2. The van der Waals surface area contributed by atoms with Gasteiger partial charge in [-0.1, -0.05) is 29.8 Å². The molecule has 3 rings (SSSR count). The van der Waals surface area contributed by atoms with Crippen molar-refractivity contribution in [2.75, 3.05) is 26.7 Å². The molecular weight excluding hydrogens is 398 g/mol. The van der Waals surface area contributed by atoms with E-state index in [2.05, 4.69) is 18.0 Å². The van der Waals surface area contributed by atoms with E-state index in [-0.39, 0.29) is 0 Å². The predicted molar refractivity (Wildman–Crippen MR) is 109 cm³/mol. The van der Waals surface area contributed by atoms with Gasteiger partial charge in [-0.3, -0.25) is 0 Å². The molecule has 2 aromatic rings. The van der Waals surface area contributed by atoms with E-state index in [0.29, 0.717) is 35.3 Å². The molecule has 0 aliphatic carbocycles. The fourth-order valence-electron chi connectivity index (χ4n) is 2.48. The number of carboxylic acid groups (broad SMARTS) is 2. The Bertz CT molecular complexity index is 867. The number of hydrogen-bond donors (Lipinski definition) is 2. The number of aliphatic carboxylic acids is 2. The lowest BCUT2D eigenvalue weighted by molar-refractivity contribution is -0.134. The summed E-state index contributed by atoms with van der Waals surface area (Å²) in [5.74, 6) is -0.247. The van der Waals surface area contributed by atoms with Gasteiger partial charge in [-0.2, -0.15) is 0 Å². The molecule has 0 unspecified atom stereocenters. The summed E-state index contributed by atoms with van der Waals surface area (Å²) >= 11 is 6.06. The van der Waals surface area contributed by atoms with E-state index >= 15 is 0 Å². The lowest BCUT2D eigenvalue weighted by atomic mass is 10.1. The van der Waals surface area contributed by atoms with E-state index in [1.165, 1.54) is 5.56 Å². The molecule has 1 aliphatic heterocycles. The molecule has 0 bridgehead atoms. The SMILES string of the molecule is CN1CCOc2cc(Cl)ccc2Oc2ccccc2CC1.O=C(O)/C=C\C(=O)O. The largest absolute Gasteiger partial charge is 0.488 e. The summed E-state index contributed by atoms with van der Waals surface area (Å²) in [4.78, 5) is 21.4. The van der Waals surface area contributed by atoms with Crippen molar-refractivity contribution in [2.24, 2.45) is 0 Å². The minimum Gasteiger partial charge on any atom is -0.488 e. The highest BCUT2D eigenvalue weighted by Gasteiger charge is 2.13. The van der Waals surface area contributed by atoms with Gasteiger partial charge in [0.15, 0.2) is 11.5 Å². The summed E-state index contributed by atoms with van der Waals surface area (Å²) in [6, 6.07) is 13.6. The van der Waals surface area contributed by atoms with Crippen molar-refractivity contribution < 1.29 is 29.3 Å². The second-order valence-electron chi connectivity index (χ2n) is 6.21. The summed E-state index contributed by atoms with van der Waals surface area (Å²) in [7, 11) is 2.10. The Labute approximate surface area is 173 Å². The normalized spacial score (nSPS) is 14.1. The Kier molecular flexibility index (Phi) is 8.51. The number of ether oxygens (including phenoxy) is 2. The molecule has 1 aliphatic rings. The van der Waals surface area contributed by atoms with Gasteiger partial charge in [-0.15, -0.1) is 0 Å². The fraction of sp³-hybridized carbons (Fsp3) is 0.238. The molecule has 0 aromatic heterocycles. The predicted octanol–water partition coefficient (Wildman–Crippen LogP) is 3.71. The van der Waals surface area contributed by atoms with Crippen LogP contribution in [0.5, 0.6) is 17.2 Å². The van der Waals surface area contributed by atoms with E-state index in [9.17, 15) is 9.59 Å². The lowest BCUT2D eigenvalue weighted by Gasteiger charge is -2.16. The Morgan fingerprint density at radius 1 is 1.00 bits per heavy atom. The van der Waals surface area contributed by atoms with Crippen LogP contribution in [0.25, 0.3) is 0 Å². The van der Waals surface area contributed by atoms with Gasteiger partial charge in [0.2, 0.25) is 0 Å². The van der Waals surface area contributed by atoms with Crippen LogP contribution in [0.1, 0.15) is 5.56 Å². The quantitative estimate of drug-likeness (QED) is 0.716. The van der Waals surface area contributed by atoms with E-state index in [1.54, 1.807) is 6.07 Å². The Morgan fingerprint density at radius 2 is 1.69 bits per heavy atom. The summed E-state index contributed by atoms with van der Waals surface area (Å²) in [6.07, 6.45) is 2.07. The van der Waals surface area contributed by atoms with Gasteiger partial charge in [0.25, 0.3) is 0 Å². The second-order valence-corrected chi connectivity index (χ2v) is 6.65. The molecule has 0 saturated carbocycles. The van der Waals surface area contributed by atoms with Gasteiger partial charge in [0, 0.05) is 36.3 Å². The molecule has 0 atom stereocenters. The first-order chi connectivity index (χ1) is 13.8. The molecule has 2 aromatic carbocycles. The van der Waals surface area contributed by atoms with Crippen LogP contribution in [0.4, 0.5) is 0 Å². The number of nitrogens with zero attached hydrogens (tertiary/aromatic N) is 1. The molecular formula is C21H22ClNO6. The Morgan fingerprint density at radius 3 is 2.38 bits per heavy atom. The number of para-hydroxylation sites is 1. The number of hydrogen-bond acceptors (Lipinski definition) is 5. The molecule has 8 heteroatoms. The van der Waals surface area contributed by atoms with Crippen LogP contribution < -0.4 is 9.47 Å². The summed E-state index contributed by atoms with van der Waals surface area (Å²) < 4.78 is 11.9. The zero-order valence-electron chi connectivity index (χ0n) is 15.9. The van der Waals surface area contributed by atoms with Crippen LogP contribution in [-0.2, 0) is 16.0 Å². The van der Waals surface area contributed by atoms with Crippen LogP contribution >= 0.6 is 11.6 Å². The van der Waals surface area contributed by atoms with Gasteiger partial charge < -0.3 is 24.6 Å². The molecule has 0 radical (unpaired) electrons. The van der Waals surface area contributed by atoms with Crippen LogP contribution in [0, 0.1) is 0 Å². The van der Waals surface area contributed by atoms with Crippen LogP contribution in [-0.4, -0.2) is 53.8 Å². The van der Waals surface area contributed by atoms with Gasteiger partial charge in [-0.05, 0) is 37.2 Å². The first-order valence-electron chi connectivity index (χ1n) is 8.85. The third kappa shape index (κ3) is 7.85. The Balaban J connectivity index is 0.000000321. The molecule has 0 saturated heterocycles. The lowest BCUT2D eigenvalue weighted by Crippen LogP contribution is -2.26. The maximum Gasteiger partial charge on any atom is 0.328 e. The van der Waals surface area contributed by atoms with Crippen molar-refractivity contribution in [3.63, 3.8) is 0 Å². The van der Waals surface area contributed by atoms with Crippen molar-refractivity contribution in [1.29, 1.82) is 0 Å². The molecule has 0 fully saturated rings. The average molecular weight is 420 g/mol. The van der Waals surface area contributed by atoms with Gasteiger partial charge >= 0.3 is 11.9 Å². The molecule has 0 spiro atoms. The number of rotatable bonds is 2. The summed E-state index contributed by atoms with van der Waals surface area (Å²) in [6.45, 7) is 2.46. The van der Waals surface area contributed by atoms with E-state index < -0.39 is 11.9 Å². The maximum atomic E-state index is 9.55. The average Bonchev–Trinajstić information content (AvgIpc) is 2.70. The minimum atomic E-state index is -1.26. The highest BCUT2D eigenvalue weighted by molar-refractivity contribution is 6.30. The first-order valence-corrected chi connectivity index (χ1v) is 9.23. The number of fused-ring (bicyclic) bond motifs is 2. The number of benzene rings is 2. The van der Waals surface area contributed by atoms with Crippen LogP contribution in [0.3, 0.4) is 0 Å². The second kappa shape index (κ2) is 11.1. The third-order valence-electron chi connectivity index (χ3n) is 3.96. The smallest absolute Gasteiger partial charge is 0.328 e. The fourth-order valence-corrected chi connectivity index (χ4v) is 2.65. The molecule has 1 heterocycles. The van der Waals surface area contributed by atoms with Gasteiger partial charge in [0.05, 0.1) is 0 Å². The number of carboxylic acids is 2. The molecule has 154 valence electrons. The summed E-state index contributed by atoms with van der Waals surface area (Å²) in [5, 5.41) is 16.3. The van der Waals surface area contributed by atoms with Gasteiger partial charge in [0.1, 0.15) is 12.4 Å². The molecule has 7 nitrogen and oxygen atoms in total. The zero-order valence-corrected chi connectivity index (χ0v) is 16.6. The molecule has 29 heavy (non-hydrogen) atoms. The summed E-state index contributed by atoms with van der Waals surface area (Å²) in [5.41, 5.74) is 1.20. The van der Waals surface area contributed by atoms with Crippen molar-refractivity contribution in [2.45, 2.75) is 6.42 Å². The maximum absolute atomic E-state index is 9.55. The standard InChI is InChI=1S/C17H18ClNO2.C4H4O4/c1-19-9-8-13-4-2-3-5-15(13)21-16-7-6-14(18)12-17(16)20-11-10-19;5-3(6)1-2-4(7)8/h2-7,12H,8-11H2,1H3;1-2H,(H,5,6)(H,7,8)/b;2-1-. The van der Waals surface area contributed by atoms with Crippen LogP contribution in [0.2, 0.25) is 5.02 Å².